The Balaban J connectivity index is 1.47. The summed E-state index contributed by atoms with van der Waals surface area (Å²) in [4.78, 5) is 35.3. The molecular formula is C17H19N5O3. The molecule has 0 spiro atoms. The van der Waals surface area contributed by atoms with Crippen molar-refractivity contribution in [3.05, 3.63) is 53.9 Å². The summed E-state index contributed by atoms with van der Waals surface area (Å²) in [7, 11) is 0. The van der Waals surface area contributed by atoms with E-state index in [0.29, 0.717) is 38.7 Å². The average molecular weight is 341 g/mol. The van der Waals surface area contributed by atoms with E-state index >= 15 is 0 Å². The minimum Gasteiger partial charge on any atom is -0.478 e. The van der Waals surface area contributed by atoms with Gasteiger partial charge in [0, 0.05) is 45.1 Å². The number of aromatic carboxylic acids is 1. The van der Waals surface area contributed by atoms with E-state index in [1.165, 1.54) is 12.1 Å². The third-order valence-electron chi connectivity index (χ3n) is 4.05. The standard InChI is InChI=1S/C17H19N5O3/c23-15(24)14-4-2-13(3-5-14)12-20-17(25)22-10-8-21(9-11-22)16-18-6-1-7-19-16/h1-7H,8-12H2,(H,20,25)(H,23,24). The first-order valence-electron chi connectivity index (χ1n) is 8.00. The number of benzene rings is 1. The highest BCUT2D eigenvalue weighted by Crippen LogP contribution is 2.10. The zero-order chi connectivity index (χ0) is 17.6. The van der Waals surface area contributed by atoms with Crippen molar-refractivity contribution in [2.45, 2.75) is 6.54 Å². The number of carbonyl (C=O) groups is 2. The molecule has 3 rings (SSSR count). The second-order valence-corrected chi connectivity index (χ2v) is 5.68. The second kappa shape index (κ2) is 7.61. The maximum absolute atomic E-state index is 12.3. The van der Waals surface area contributed by atoms with Crippen LogP contribution in [0.15, 0.2) is 42.7 Å². The van der Waals surface area contributed by atoms with Gasteiger partial charge in [-0.25, -0.2) is 19.6 Å². The van der Waals surface area contributed by atoms with Gasteiger partial charge in [-0.05, 0) is 23.8 Å². The fourth-order valence-corrected chi connectivity index (χ4v) is 2.62. The number of carboxylic acids is 1. The summed E-state index contributed by atoms with van der Waals surface area (Å²) >= 11 is 0. The van der Waals surface area contributed by atoms with E-state index in [-0.39, 0.29) is 11.6 Å². The van der Waals surface area contributed by atoms with E-state index < -0.39 is 5.97 Å². The molecule has 2 N–H and O–H groups in total. The van der Waals surface area contributed by atoms with Gasteiger partial charge in [0.15, 0.2) is 0 Å². The summed E-state index contributed by atoms with van der Waals surface area (Å²) < 4.78 is 0. The second-order valence-electron chi connectivity index (χ2n) is 5.68. The van der Waals surface area contributed by atoms with Crippen LogP contribution in [0.25, 0.3) is 0 Å². The number of rotatable bonds is 4. The van der Waals surface area contributed by atoms with Crippen LogP contribution in [0.4, 0.5) is 10.7 Å². The Morgan fingerprint density at radius 2 is 1.68 bits per heavy atom. The van der Waals surface area contributed by atoms with Gasteiger partial charge in [-0.1, -0.05) is 12.1 Å². The Hall–Kier alpha value is -3.16. The normalized spacial score (nSPS) is 14.2. The molecule has 2 aromatic rings. The number of urea groups is 1. The molecule has 1 aliphatic rings. The number of hydrogen-bond acceptors (Lipinski definition) is 5. The zero-order valence-corrected chi connectivity index (χ0v) is 13.6. The fourth-order valence-electron chi connectivity index (χ4n) is 2.62. The number of nitrogens with zero attached hydrogens (tertiary/aromatic N) is 4. The number of aromatic nitrogens is 2. The molecule has 1 aromatic carbocycles. The third kappa shape index (κ3) is 4.23. The van der Waals surface area contributed by atoms with Gasteiger partial charge in [-0.3, -0.25) is 0 Å². The van der Waals surface area contributed by atoms with Crippen molar-refractivity contribution in [2.75, 3.05) is 31.1 Å². The number of carboxylic acid groups (broad SMARTS) is 1. The summed E-state index contributed by atoms with van der Waals surface area (Å²) in [6.45, 7) is 2.93. The SMILES string of the molecule is O=C(O)c1ccc(CNC(=O)N2CCN(c3ncccn3)CC2)cc1. The lowest BCUT2D eigenvalue weighted by Crippen LogP contribution is -2.52. The fraction of sp³-hybridized carbons (Fsp3) is 0.294. The van der Waals surface area contributed by atoms with Crippen LogP contribution >= 0.6 is 0 Å². The van der Waals surface area contributed by atoms with E-state index in [1.54, 1.807) is 35.5 Å². The van der Waals surface area contributed by atoms with Crippen LogP contribution in [0.3, 0.4) is 0 Å². The summed E-state index contributed by atoms with van der Waals surface area (Å²) in [5, 5.41) is 11.7. The highest BCUT2D eigenvalue weighted by Gasteiger charge is 2.22. The summed E-state index contributed by atoms with van der Waals surface area (Å²) in [5.41, 5.74) is 1.09. The molecule has 8 heteroatoms. The summed E-state index contributed by atoms with van der Waals surface area (Å²) in [6.07, 6.45) is 3.41. The molecular weight excluding hydrogens is 322 g/mol. The van der Waals surface area contributed by atoms with Crippen LogP contribution in [0.2, 0.25) is 0 Å². The number of nitrogens with one attached hydrogen (secondary N) is 1. The molecule has 0 atom stereocenters. The maximum atomic E-state index is 12.3. The third-order valence-corrected chi connectivity index (χ3v) is 4.05. The Morgan fingerprint density at radius 1 is 1.04 bits per heavy atom. The average Bonchev–Trinajstić information content (AvgIpc) is 2.67. The van der Waals surface area contributed by atoms with Crippen LogP contribution < -0.4 is 10.2 Å². The zero-order valence-electron chi connectivity index (χ0n) is 13.6. The van der Waals surface area contributed by atoms with E-state index in [4.69, 9.17) is 5.11 Å². The Bertz CT molecular complexity index is 728. The highest BCUT2D eigenvalue weighted by molar-refractivity contribution is 5.87. The van der Waals surface area contributed by atoms with Gasteiger partial charge in [-0.15, -0.1) is 0 Å². The van der Waals surface area contributed by atoms with Crippen molar-refractivity contribution in [1.29, 1.82) is 0 Å². The van der Waals surface area contributed by atoms with Crippen molar-refractivity contribution in [2.24, 2.45) is 0 Å². The van der Waals surface area contributed by atoms with E-state index in [1.807, 2.05) is 0 Å². The van der Waals surface area contributed by atoms with Crippen LogP contribution in [0.1, 0.15) is 15.9 Å². The molecule has 130 valence electrons. The van der Waals surface area contributed by atoms with Crippen LogP contribution in [-0.2, 0) is 6.54 Å². The Kier molecular flexibility index (Phi) is 5.08. The summed E-state index contributed by atoms with van der Waals surface area (Å²) in [5.74, 6) is -0.281. The monoisotopic (exact) mass is 341 g/mol. The number of amides is 2. The van der Waals surface area contributed by atoms with E-state index in [9.17, 15) is 9.59 Å². The number of carbonyl (C=O) groups excluding carboxylic acids is 1. The Labute approximate surface area is 145 Å². The van der Waals surface area contributed by atoms with Crippen molar-refractivity contribution in [3.8, 4) is 0 Å². The topological polar surface area (TPSA) is 98.7 Å². The van der Waals surface area contributed by atoms with Gasteiger partial charge in [0.05, 0.1) is 5.56 Å². The van der Waals surface area contributed by atoms with Crippen LogP contribution in [0.5, 0.6) is 0 Å². The molecule has 2 heterocycles. The lowest BCUT2D eigenvalue weighted by Gasteiger charge is -2.34. The highest BCUT2D eigenvalue weighted by atomic mass is 16.4. The van der Waals surface area contributed by atoms with Gasteiger partial charge in [-0.2, -0.15) is 0 Å². The van der Waals surface area contributed by atoms with E-state index in [0.717, 1.165) is 5.56 Å². The minimum absolute atomic E-state index is 0.129. The van der Waals surface area contributed by atoms with Gasteiger partial charge in [0.2, 0.25) is 5.95 Å². The molecule has 0 unspecified atom stereocenters. The molecule has 0 radical (unpaired) electrons. The minimum atomic E-state index is -0.962. The smallest absolute Gasteiger partial charge is 0.335 e. The molecule has 2 amide bonds. The van der Waals surface area contributed by atoms with Gasteiger partial charge < -0.3 is 20.2 Å². The lowest BCUT2D eigenvalue weighted by atomic mass is 10.1. The van der Waals surface area contributed by atoms with Crippen LogP contribution in [0, 0.1) is 0 Å². The Morgan fingerprint density at radius 3 is 2.28 bits per heavy atom. The molecule has 8 nitrogen and oxygen atoms in total. The number of hydrogen-bond donors (Lipinski definition) is 2. The molecule has 0 bridgehead atoms. The summed E-state index contributed by atoms with van der Waals surface area (Å²) in [6, 6.07) is 8.11. The van der Waals surface area contributed by atoms with Crippen molar-refractivity contribution >= 4 is 17.9 Å². The van der Waals surface area contributed by atoms with Crippen LogP contribution in [-0.4, -0.2) is 58.2 Å². The van der Waals surface area contributed by atoms with Gasteiger partial charge >= 0.3 is 12.0 Å². The molecule has 0 aliphatic carbocycles. The molecule has 0 saturated carbocycles. The molecule has 1 aromatic heterocycles. The quantitative estimate of drug-likeness (QED) is 0.867. The number of piperazine rings is 1. The molecule has 1 saturated heterocycles. The molecule has 1 fully saturated rings. The predicted molar refractivity (Wildman–Crippen MR) is 91.5 cm³/mol. The first-order valence-corrected chi connectivity index (χ1v) is 8.00. The van der Waals surface area contributed by atoms with Gasteiger partial charge in [0.1, 0.15) is 0 Å². The predicted octanol–water partition coefficient (Wildman–Crippen LogP) is 1.21. The van der Waals surface area contributed by atoms with Crippen molar-refractivity contribution in [3.63, 3.8) is 0 Å². The van der Waals surface area contributed by atoms with E-state index in [2.05, 4.69) is 20.2 Å². The molecule has 1 aliphatic heterocycles. The number of anilines is 1. The first kappa shape index (κ1) is 16.7. The largest absolute Gasteiger partial charge is 0.478 e. The maximum Gasteiger partial charge on any atom is 0.335 e. The molecule has 25 heavy (non-hydrogen) atoms. The van der Waals surface area contributed by atoms with Gasteiger partial charge in [0.25, 0.3) is 0 Å². The first-order chi connectivity index (χ1) is 12.1. The lowest BCUT2D eigenvalue weighted by molar-refractivity contribution is 0.0697. The van der Waals surface area contributed by atoms with Crippen molar-refractivity contribution in [1.82, 2.24) is 20.2 Å². The van der Waals surface area contributed by atoms with Crippen molar-refractivity contribution < 1.29 is 14.7 Å².